The standard InChI is InChI=1S/C17H28N4O2S2.HI/c1-18-17(21-12-14-6-3-4-7-15(14)13-21)19-9-10-20(2)25(22,23)16-8-5-11-24-16;/h5,8,11,14-15H,3-4,6-7,9-10,12-13H2,1-2H3,(H,18,19);1H. The zero-order valence-electron chi connectivity index (χ0n) is 15.4. The number of thiophene rings is 1. The number of nitrogens with zero attached hydrogens (tertiary/aromatic N) is 3. The number of rotatable bonds is 5. The summed E-state index contributed by atoms with van der Waals surface area (Å²) in [5, 5.41) is 5.13. The molecule has 2 heterocycles. The fraction of sp³-hybridized carbons (Fsp3) is 0.706. The first-order chi connectivity index (χ1) is 12.0. The predicted octanol–water partition coefficient (Wildman–Crippen LogP) is 2.68. The Balaban J connectivity index is 0.00000243. The molecule has 2 fully saturated rings. The van der Waals surface area contributed by atoms with Gasteiger partial charge < -0.3 is 10.2 Å². The van der Waals surface area contributed by atoms with E-state index in [1.54, 1.807) is 31.6 Å². The van der Waals surface area contributed by atoms with E-state index in [2.05, 4.69) is 15.2 Å². The van der Waals surface area contributed by atoms with Gasteiger partial charge in [0.2, 0.25) is 0 Å². The van der Waals surface area contributed by atoms with Crippen molar-refractivity contribution in [2.75, 3.05) is 40.3 Å². The number of likely N-dealkylation sites (N-methyl/N-ethyl adjacent to an activating group) is 1. The van der Waals surface area contributed by atoms with Gasteiger partial charge in [-0.25, -0.2) is 8.42 Å². The van der Waals surface area contributed by atoms with Crippen LogP contribution in [0.25, 0.3) is 0 Å². The second-order valence-electron chi connectivity index (χ2n) is 6.94. The first-order valence-electron chi connectivity index (χ1n) is 8.98. The van der Waals surface area contributed by atoms with Gasteiger partial charge in [-0.2, -0.15) is 4.31 Å². The topological polar surface area (TPSA) is 65.0 Å². The maximum Gasteiger partial charge on any atom is 0.252 e. The Labute approximate surface area is 178 Å². The summed E-state index contributed by atoms with van der Waals surface area (Å²) in [5.41, 5.74) is 0. The van der Waals surface area contributed by atoms with Gasteiger partial charge in [0.05, 0.1) is 0 Å². The van der Waals surface area contributed by atoms with Crippen molar-refractivity contribution in [3.8, 4) is 0 Å². The maximum absolute atomic E-state index is 12.4. The molecule has 6 nitrogen and oxygen atoms in total. The number of guanidine groups is 1. The Morgan fingerprint density at radius 3 is 2.54 bits per heavy atom. The predicted molar refractivity (Wildman–Crippen MR) is 118 cm³/mol. The number of hydrogen-bond donors (Lipinski definition) is 1. The van der Waals surface area contributed by atoms with Crippen molar-refractivity contribution in [2.45, 2.75) is 29.9 Å². The van der Waals surface area contributed by atoms with Gasteiger partial charge in [0, 0.05) is 40.3 Å². The van der Waals surface area contributed by atoms with Crippen LogP contribution in [0.15, 0.2) is 26.7 Å². The SMILES string of the molecule is CN=C(NCCN(C)S(=O)(=O)c1cccs1)N1CC2CCCCC2C1.I. The minimum absolute atomic E-state index is 0. The van der Waals surface area contributed by atoms with Crippen molar-refractivity contribution < 1.29 is 8.42 Å². The molecule has 3 rings (SSSR count). The number of sulfonamides is 1. The molecule has 148 valence electrons. The third-order valence-electron chi connectivity index (χ3n) is 5.36. The van der Waals surface area contributed by atoms with Gasteiger partial charge in [-0.1, -0.05) is 18.9 Å². The molecule has 1 aromatic rings. The first kappa shape index (κ1) is 21.9. The van der Waals surface area contributed by atoms with Crippen LogP contribution in [-0.2, 0) is 10.0 Å². The van der Waals surface area contributed by atoms with Crippen LogP contribution >= 0.6 is 35.3 Å². The van der Waals surface area contributed by atoms with E-state index in [1.165, 1.54) is 41.3 Å². The average molecular weight is 512 g/mol. The van der Waals surface area contributed by atoms with Crippen molar-refractivity contribution in [3.63, 3.8) is 0 Å². The number of hydrogen-bond acceptors (Lipinski definition) is 4. The summed E-state index contributed by atoms with van der Waals surface area (Å²) in [6.07, 6.45) is 5.37. The van der Waals surface area contributed by atoms with Crippen molar-refractivity contribution in [1.29, 1.82) is 0 Å². The molecule has 1 aromatic heterocycles. The van der Waals surface area contributed by atoms with Crippen LogP contribution in [0, 0.1) is 11.8 Å². The molecule has 1 saturated carbocycles. The van der Waals surface area contributed by atoms with E-state index in [1.807, 2.05) is 0 Å². The highest BCUT2D eigenvalue weighted by molar-refractivity contribution is 14.0. The number of fused-ring (bicyclic) bond motifs is 1. The van der Waals surface area contributed by atoms with Crippen LogP contribution in [0.5, 0.6) is 0 Å². The molecule has 1 aliphatic carbocycles. The second-order valence-corrected chi connectivity index (χ2v) is 10.2. The number of halogens is 1. The van der Waals surface area contributed by atoms with Crippen molar-refractivity contribution >= 4 is 51.3 Å². The van der Waals surface area contributed by atoms with E-state index in [0.717, 1.165) is 30.9 Å². The maximum atomic E-state index is 12.4. The smallest absolute Gasteiger partial charge is 0.252 e. The Morgan fingerprint density at radius 1 is 1.35 bits per heavy atom. The summed E-state index contributed by atoms with van der Waals surface area (Å²) in [6.45, 7) is 3.13. The summed E-state index contributed by atoms with van der Waals surface area (Å²) in [5.74, 6) is 2.50. The molecular formula is C17H29IN4O2S2. The zero-order chi connectivity index (χ0) is 17.9. The van der Waals surface area contributed by atoms with E-state index >= 15 is 0 Å². The van der Waals surface area contributed by atoms with Crippen LogP contribution in [-0.4, -0.2) is 63.9 Å². The quantitative estimate of drug-likeness (QED) is 0.375. The van der Waals surface area contributed by atoms with Crippen LogP contribution < -0.4 is 5.32 Å². The number of aliphatic imine (C=N–C) groups is 1. The molecule has 0 spiro atoms. The number of likely N-dealkylation sites (tertiary alicyclic amines) is 1. The normalized spacial score (nSPS) is 23.7. The fourth-order valence-electron chi connectivity index (χ4n) is 3.92. The van der Waals surface area contributed by atoms with Gasteiger partial charge in [0.1, 0.15) is 4.21 Å². The Bertz CT molecular complexity index is 680. The first-order valence-corrected chi connectivity index (χ1v) is 11.3. The fourth-order valence-corrected chi connectivity index (χ4v) is 6.29. The molecule has 1 aliphatic heterocycles. The molecule has 2 atom stereocenters. The molecule has 0 amide bonds. The summed E-state index contributed by atoms with van der Waals surface area (Å²) in [4.78, 5) is 6.74. The van der Waals surface area contributed by atoms with E-state index in [4.69, 9.17) is 0 Å². The van der Waals surface area contributed by atoms with Crippen molar-refractivity contribution in [2.24, 2.45) is 16.8 Å². The largest absolute Gasteiger partial charge is 0.355 e. The molecule has 26 heavy (non-hydrogen) atoms. The highest BCUT2D eigenvalue weighted by Crippen LogP contribution is 2.35. The van der Waals surface area contributed by atoms with Gasteiger partial charge in [-0.3, -0.25) is 4.99 Å². The molecule has 0 radical (unpaired) electrons. The summed E-state index contributed by atoms with van der Waals surface area (Å²) >= 11 is 1.25. The van der Waals surface area contributed by atoms with Gasteiger partial charge in [-0.05, 0) is 36.1 Å². The molecule has 1 saturated heterocycles. The summed E-state index contributed by atoms with van der Waals surface area (Å²) in [6, 6.07) is 3.41. The van der Waals surface area contributed by atoms with Crippen molar-refractivity contribution in [3.05, 3.63) is 17.5 Å². The lowest BCUT2D eigenvalue weighted by molar-refractivity contribution is 0.299. The summed E-state index contributed by atoms with van der Waals surface area (Å²) < 4.78 is 26.7. The van der Waals surface area contributed by atoms with Gasteiger partial charge in [0.15, 0.2) is 5.96 Å². The summed E-state index contributed by atoms with van der Waals surface area (Å²) in [7, 11) is 0.0527. The lowest BCUT2D eigenvalue weighted by Crippen LogP contribution is -2.43. The molecule has 2 unspecified atom stereocenters. The van der Waals surface area contributed by atoms with Crippen LogP contribution in [0.2, 0.25) is 0 Å². The van der Waals surface area contributed by atoms with Crippen molar-refractivity contribution in [1.82, 2.24) is 14.5 Å². The third kappa shape index (κ3) is 4.90. The molecule has 2 aliphatic rings. The van der Waals surface area contributed by atoms with E-state index < -0.39 is 10.0 Å². The minimum atomic E-state index is -3.38. The second kappa shape index (κ2) is 9.70. The highest BCUT2D eigenvalue weighted by Gasteiger charge is 2.35. The Morgan fingerprint density at radius 2 is 2.00 bits per heavy atom. The Hall–Kier alpha value is -0.390. The third-order valence-corrected chi connectivity index (χ3v) is 8.59. The van der Waals surface area contributed by atoms with Crippen LogP contribution in [0.1, 0.15) is 25.7 Å². The monoisotopic (exact) mass is 512 g/mol. The molecular weight excluding hydrogens is 483 g/mol. The van der Waals surface area contributed by atoms with E-state index in [9.17, 15) is 8.42 Å². The zero-order valence-corrected chi connectivity index (χ0v) is 19.4. The van der Waals surface area contributed by atoms with E-state index in [0.29, 0.717) is 17.3 Å². The lowest BCUT2D eigenvalue weighted by atomic mass is 9.82. The highest BCUT2D eigenvalue weighted by atomic mass is 127. The molecule has 0 aromatic carbocycles. The van der Waals surface area contributed by atoms with E-state index in [-0.39, 0.29) is 24.0 Å². The lowest BCUT2D eigenvalue weighted by Gasteiger charge is -2.23. The van der Waals surface area contributed by atoms with Gasteiger partial charge in [-0.15, -0.1) is 35.3 Å². The van der Waals surface area contributed by atoms with Crippen LogP contribution in [0.4, 0.5) is 0 Å². The van der Waals surface area contributed by atoms with Crippen LogP contribution in [0.3, 0.4) is 0 Å². The molecule has 0 bridgehead atoms. The molecule has 1 N–H and O–H groups in total. The minimum Gasteiger partial charge on any atom is -0.355 e. The van der Waals surface area contributed by atoms with Gasteiger partial charge in [0.25, 0.3) is 10.0 Å². The average Bonchev–Trinajstić information content (AvgIpc) is 3.27. The molecule has 9 heteroatoms. The van der Waals surface area contributed by atoms with Gasteiger partial charge >= 0.3 is 0 Å². The number of nitrogens with one attached hydrogen (secondary N) is 1. The Kier molecular flexibility index (Phi) is 8.17.